The van der Waals surface area contributed by atoms with Crippen molar-refractivity contribution in [3.63, 3.8) is 0 Å². The van der Waals surface area contributed by atoms with Crippen molar-refractivity contribution >= 4 is 31.4 Å². The summed E-state index contributed by atoms with van der Waals surface area (Å²) in [4.78, 5) is 19.6. The normalized spacial score (nSPS) is 11.8. The Morgan fingerprint density at radius 3 is 2.55 bits per heavy atom. The molecule has 0 fully saturated rings. The molecule has 0 bridgehead atoms. The number of nitrogens with one attached hydrogen (secondary N) is 1. The van der Waals surface area contributed by atoms with Gasteiger partial charge >= 0.3 is 0 Å². The zero-order valence-electron chi connectivity index (χ0n) is 10.5. The molecule has 1 N–H and O–H groups in total. The third kappa shape index (κ3) is 2.25. The first-order valence-electron chi connectivity index (χ1n) is 5.74. The number of thiophene rings is 1. The monoisotopic (exact) mass is 306 g/mol. The van der Waals surface area contributed by atoms with E-state index < -0.39 is 15.4 Å². The van der Waals surface area contributed by atoms with Crippen molar-refractivity contribution in [1.82, 2.24) is 9.97 Å². The summed E-state index contributed by atoms with van der Waals surface area (Å²) in [7, 11) is -3.53. The minimum Gasteiger partial charge on any atom is -0.297 e. The van der Waals surface area contributed by atoms with Gasteiger partial charge in [0.1, 0.15) is 4.83 Å². The van der Waals surface area contributed by atoms with Crippen LogP contribution in [0.15, 0.2) is 46.3 Å². The maximum absolute atomic E-state index is 11.9. The molecule has 1 aromatic carbocycles. The Balaban J connectivity index is 2.27. The predicted molar refractivity (Wildman–Crippen MR) is 78.8 cm³/mol. The summed E-state index contributed by atoms with van der Waals surface area (Å²) >= 11 is 1.30. The molecule has 3 aromatic rings. The van der Waals surface area contributed by atoms with Crippen LogP contribution >= 0.6 is 11.3 Å². The average Bonchev–Trinajstić information content (AvgIpc) is 2.83. The van der Waals surface area contributed by atoms with Gasteiger partial charge in [0.05, 0.1) is 5.39 Å². The van der Waals surface area contributed by atoms with Crippen molar-refractivity contribution in [2.24, 2.45) is 0 Å². The summed E-state index contributed by atoms with van der Waals surface area (Å²) in [6, 6.07) is 11.3. The van der Waals surface area contributed by atoms with Crippen LogP contribution in [-0.2, 0) is 9.84 Å². The summed E-state index contributed by atoms with van der Waals surface area (Å²) in [5.41, 5.74) is 0.532. The van der Waals surface area contributed by atoms with E-state index in [1.165, 1.54) is 11.3 Å². The fraction of sp³-hybridized carbons (Fsp3) is 0.0769. The fourth-order valence-corrected chi connectivity index (χ4v) is 3.46. The third-order valence-corrected chi connectivity index (χ3v) is 4.76. The largest absolute Gasteiger partial charge is 0.297 e. The number of hydrogen-bond donors (Lipinski definition) is 1. The molecular formula is C13H10N2O3S2. The molecule has 20 heavy (non-hydrogen) atoms. The molecule has 0 aliphatic carbocycles. The summed E-state index contributed by atoms with van der Waals surface area (Å²) < 4.78 is 23.0. The van der Waals surface area contributed by atoms with E-state index >= 15 is 0 Å². The first kappa shape index (κ1) is 13.0. The van der Waals surface area contributed by atoms with Crippen LogP contribution in [0.1, 0.15) is 0 Å². The third-order valence-electron chi connectivity index (χ3n) is 2.79. The van der Waals surface area contributed by atoms with E-state index in [-0.39, 0.29) is 5.16 Å². The molecule has 5 nitrogen and oxygen atoms in total. The molecular weight excluding hydrogens is 296 g/mol. The number of aromatic nitrogens is 2. The zero-order chi connectivity index (χ0) is 14.3. The van der Waals surface area contributed by atoms with Gasteiger partial charge in [-0.3, -0.25) is 9.78 Å². The number of aromatic amines is 1. The number of rotatable bonds is 2. The van der Waals surface area contributed by atoms with Gasteiger partial charge in [-0.15, -0.1) is 11.3 Å². The van der Waals surface area contributed by atoms with E-state index in [9.17, 15) is 13.2 Å². The van der Waals surface area contributed by atoms with Gasteiger partial charge in [-0.2, -0.15) is 0 Å². The van der Waals surface area contributed by atoms with E-state index in [1.54, 1.807) is 6.07 Å². The molecule has 3 rings (SSSR count). The van der Waals surface area contributed by atoms with Crippen molar-refractivity contribution in [3.8, 4) is 10.4 Å². The van der Waals surface area contributed by atoms with Crippen molar-refractivity contribution in [2.45, 2.75) is 5.16 Å². The second kappa shape index (κ2) is 4.53. The summed E-state index contributed by atoms with van der Waals surface area (Å²) in [5, 5.41) is 0.109. The summed E-state index contributed by atoms with van der Waals surface area (Å²) in [5.74, 6) is 0. The topological polar surface area (TPSA) is 79.9 Å². The van der Waals surface area contributed by atoms with E-state index in [0.29, 0.717) is 10.2 Å². The van der Waals surface area contributed by atoms with E-state index in [0.717, 1.165) is 16.7 Å². The molecule has 0 amide bonds. The van der Waals surface area contributed by atoms with Crippen LogP contribution in [0.5, 0.6) is 0 Å². The van der Waals surface area contributed by atoms with Crippen molar-refractivity contribution in [1.29, 1.82) is 0 Å². The molecule has 2 aromatic heterocycles. The quantitative estimate of drug-likeness (QED) is 0.735. The Bertz CT molecular complexity index is 941. The Hall–Kier alpha value is -1.99. The highest BCUT2D eigenvalue weighted by Crippen LogP contribution is 2.30. The minimum absolute atomic E-state index is 0.295. The van der Waals surface area contributed by atoms with Gasteiger partial charge in [0.25, 0.3) is 5.56 Å². The lowest BCUT2D eigenvalue weighted by molar-refractivity contribution is 0.593. The maximum atomic E-state index is 11.9. The van der Waals surface area contributed by atoms with Crippen LogP contribution in [0.4, 0.5) is 0 Å². The number of benzene rings is 1. The number of nitrogens with zero attached hydrogens (tertiary/aromatic N) is 1. The fourth-order valence-electron chi connectivity index (χ4n) is 1.83. The zero-order valence-corrected chi connectivity index (χ0v) is 12.1. The van der Waals surface area contributed by atoms with Crippen LogP contribution in [0.25, 0.3) is 20.7 Å². The number of fused-ring (bicyclic) bond motifs is 1. The van der Waals surface area contributed by atoms with Crippen LogP contribution in [0, 0.1) is 0 Å². The Morgan fingerprint density at radius 2 is 1.90 bits per heavy atom. The molecule has 102 valence electrons. The van der Waals surface area contributed by atoms with Crippen molar-refractivity contribution < 1.29 is 8.42 Å². The van der Waals surface area contributed by atoms with Gasteiger partial charge in [0.2, 0.25) is 15.0 Å². The number of sulfone groups is 1. The molecule has 0 radical (unpaired) electrons. The Morgan fingerprint density at radius 1 is 1.20 bits per heavy atom. The van der Waals surface area contributed by atoms with Gasteiger partial charge < -0.3 is 0 Å². The smallest absolute Gasteiger partial charge is 0.260 e. The second-order valence-corrected chi connectivity index (χ2v) is 7.30. The Labute approximate surface area is 118 Å². The lowest BCUT2D eigenvalue weighted by Crippen LogP contribution is -2.13. The minimum atomic E-state index is -3.53. The van der Waals surface area contributed by atoms with Crippen LogP contribution in [-0.4, -0.2) is 24.6 Å². The van der Waals surface area contributed by atoms with Gasteiger partial charge in [-0.05, 0) is 11.6 Å². The van der Waals surface area contributed by atoms with Crippen molar-refractivity contribution in [2.75, 3.05) is 6.26 Å². The standard InChI is InChI=1S/C13H10N2O3S2/c1-20(17,18)13-14-11(16)9-7-10(19-12(9)15-13)8-5-3-2-4-6-8/h2-7H,1H3,(H,14,15,16). The first-order chi connectivity index (χ1) is 9.45. The highest BCUT2D eigenvalue weighted by molar-refractivity contribution is 7.90. The molecule has 0 aliphatic heterocycles. The molecule has 0 saturated carbocycles. The molecule has 0 spiro atoms. The van der Waals surface area contributed by atoms with E-state index in [1.807, 2.05) is 30.3 Å². The SMILES string of the molecule is CS(=O)(=O)c1nc2sc(-c3ccccc3)cc2c(=O)[nH]1. The van der Waals surface area contributed by atoms with E-state index in [2.05, 4.69) is 9.97 Å². The first-order valence-corrected chi connectivity index (χ1v) is 8.45. The summed E-state index contributed by atoms with van der Waals surface area (Å²) in [6.07, 6.45) is 1.02. The molecule has 7 heteroatoms. The van der Waals surface area contributed by atoms with Gasteiger partial charge in [-0.1, -0.05) is 30.3 Å². The average molecular weight is 306 g/mol. The maximum Gasteiger partial charge on any atom is 0.260 e. The molecule has 0 saturated heterocycles. The summed E-state index contributed by atoms with van der Waals surface area (Å²) in [6.45, 7) is 0. The van der Waals surface area contributed by atoms with Crippen LogP contribution < -0.4 is 5.56 Å². The van der Waals surface area contributed by atoms with Gasteiger partial charge in [0, 0.05) is 11.1 Å². The molecule has 0 unspecified atom stereocenters. The lowest BCUT2D eigenvalue weighted by atomic mass is 10.2. The number of H-pyrrole nitrogens is 1. The highest BCUT2D eigenvalue weighted by atomic mass is 32.2. The predicted octanol–water partition coefficient (Wildman–Crippen LogP) is 2.06. The molecule has 2 heterocycles. The molecule has 0 atom stereocenters. The highest BCUT2D eigenvalue weighted by Gasteiger charge is 2.15. The van der Waals surface area contributed by atoms with Crippen LogP contribution in [0.3, 0.4) is 0 Å². The van der Waals surface area contributed by atoms with Gasteiger partial charge in [-0.25, -0.2) is 13.4 Å². The van der Waals surface area contributed by atoms with E-state index in [4.69, 9.17) is 0 Å². The number of hydrogen-bond acceptors (Lipinski definition) is 5. The van der Waals surface area contributed by atoms with Gasteiger partial charge in [0.15, 0.2) is 0 Å². The second-order valence-electron chi connectivity index (χ2n) is 4.34. The molecule has 0 aliphatic rings. The van der Waals surface area contributed by atoms with Crippen LogP contribution in [0.2, 0.25) is 0 Å². The Kier molecular flexibility index (Phi) is 2.95. The van der Waals surface area contributed by atoms with Crippen molar-refractivity contribution in [3.05, 3.63) is 46.8 Å². The lowest BCUT2D eigenvalue weighted by Gasteiger charge is -1.96.